The summed E-state index contributed by atoms with van der Waals surface area (Å²) in [5, 5.41) is 6.47. The highest BCUT2D eigenvalue weighted by Crippen LogP contribution is 2.27. The quantitative estimate of drug-likeness (QED) is 0.529. The number of carbonyl (C=O) groups excluding carboxylic acids is 3. The van der Waals surface area contributed by atoms with E-state index in [-0.39, 0.29) is 42.4 Å². The number of esters is 2. The van der Waals surface area contributed by atoms with Crippen LogP contribution < -0.4 is 10.6 Å². The van der Waals surface area contributed by atoms with Gasteiger partial charge in [-0.15, -0.1) is 12.4 Å². The summed E-state index contributed by atoms with van der Waals surface area (Å²) in [4.78, 5) is 37.6. The third-order valence-electron chi connectivity index (χ3n) is 6.17. The van der Waals surface area contributed by atoms with Gasteiger partial charge in [-0.3, -0.25) is 10.1 Å². The first kappa shape index (κ1) is 32.2. The monoisotopic (exact) mass is 535 g/mol. The summed E-state index contributed by atoms with van der Waals surface area (Å²) in [6, 6.07) is 10.1. The number of amides is 1. The molecule has 1 amide bonds. The van der Waals surface area contributed by atoms with Crippen LogP contribution in [-0.2, 0) is 30.3 Å². The topological polar surface area (TPSA) is 97.0 Å². The second-order valence-electron chi connectivity index (χ2n) is 10.1. The van der Waals surface area contributed by atoms with Gasteiger partial charge in [-0.05, 0) is 45.1 Å². The van der Waals surface area contributed by atoms with E-state index in [1.807, 2.05) is 30.1 Å². The van der Waals surface area contributed by atoms with Crippen molar-refractivity contribution in [1.29, 1.82) is 0 Å². The molecule has 0 aromatic heterocycles. The van der Waals surface area contributed by atoms with Crippen molar-refractivity contribution < 1.29 is 23.9 Å². The molecule has 206 valence electrons. The van der Waals surface area contributed by atoms with Gasteiger partial charge in [0.15, 0.2) is 0 Å². The van der Waals surface area contributed by atoms with Gasteiger partial charge in [0.25, 0.3) is 0 Å². The van der Waals surface area contributed by atoms with Crippen LogP contribution in [-0.4, -0.2) is 55.2 Å². The second kappa shape index (κ2) is 14.2. The summed E-state index contributed by atoms with van der Waals surface area (Å²) >= 11 is 0. The Hall–Kier alpha value is -2.84. The summed E-state index contributed by atoms with van der Waals surface area (Å²) in [5.74, 6) is -0.590. The number of nitrogens with zero attached hydrogens (tertiary/aromatic N) is 1. The molecule has 2 aliphatic heterocycles. The average molecular weight is 536 g/mol. The zero-order valence-electron chi connectivity index (χ0n) is 23.3. The van der Waals surface area contributed by atoms with Gasteiger partial charge in [0.1, 0.15) is 0 Å². The van der Waals surface area contributed by atoms with Crippen LogP contribution in [0.1, 0.15) is 60.5 Å². The maximum absolute atomic E-state index is 12.2. The molecule has 1 fully saturated rings. The number of dihydropyridines is 1. The fourth-order valence-corrected chi connectivity index (χ4v) is 4.33. The van der Waals surface area contributed by atoms with Crippen LogP contribution in [0, 0.1) is 5.41 Å². The lowest BCUT2D eigenvalue weighted by Crippen LogP contribution is -2.45. The molecule has 0 unspecified atom stereocenters. The van der Waals surface area contributed by atoms with E-state index >= 15 is 0 Å². The molecule has 9 heteroatoms. The Balaban J connectivity index is 0.000000360. The molecular weight excluding hydrogens is 494 g/mol. The van der Waals surface area contributed by atoms with Gasteiger partial charge in [-0.2, -0.15) is 0 Å². The number of hydrogen-bond acceptors (Lipinski definition) is 7. The van der Waals surface area contributed by atoms with E-state index in [0.29, 0.717) is 24.4 Å². The van der Waals surface area contributed by atoms with Crippen molar-refractivity contribution in [3.05, 3.63) is 58.4 Å². The molecule has 2 N–H and O–H groups in total. The highest BCUT2D eigenvalue weighted by molar-refractivity contribution is 5.96. The van der Waals surface area contributed by atoms with Gasteiger partial charge in [0.2, 0.25) is 5.91 Å². The molecule has 1 aromatic rings. The van der Waals surface area contributed by atoms with E-state index in [1.54, 1.807) is 27.7 Å². The first-order valence-corrected chi connectivity index (χ1v) is 12.5. The average Bonchev–Trinajstić information content (AvgIpc) is 3.09. The van der Waals surface area contributed by atoms with Crippen LogP contribution in [0.3, 0.4) is 0 Å². The lowest BCUT2D eigenvalue weighted by Gasteiger charge is -2.32. The van der Waals surface area contributed by atoms with Crippen LogP contribution in [0.2, 0.25) is 0 Å². The number of allylic oxidation sites excluding steroid dienone is 2. The van der Waals surface area contributed by atoms with Crippen molar-refractivity contribution >= 4 is 30.3 Å². The van der Waals surface area contributed by atoms with Crippen LogP contribution in [0.4, 0.5) is 0 Å². The fraction of sp³-hybridized carbons (Fsp3) is 0.536. The van der Waals surface area contributed by atoms with Gasteiger partial charge < -0.3 is 19.7 Å². The first-order valence-electron chi connectivity index (χ1n) is 12.5. The van der Waals surface area contributed by atoms with Crippen LogP contribution in [0.25, 0.3) is 0 Å². The molecule has 2 heterocycles. The van der Waals surface area contributed by atoms with Crippen molar-refractivity contribution in [2.75, 3.05) is 20.3 Å². The SMILES string of the molecule is CCOC(=O)C1=C(C)NC(C)=C(C(=O)OCC)C1.CN1C(=O)[C@H](Cc2ccccc2)N[C@@H]1C(C)(C)C.Cl. The lowest BCUT2D eigenvalue weighted by atomic mass is 9.92. The Kier molecular flexibility index (Phi) is 12.3. The van der Waals surface area contributed by atoms with Crippen molar-refractivity contribution in [3.63, 3.8) is 0 Å². The standard InChI is InChI=1S/C15H22N2O.C13H19NO4.ClH/c1-15(2,3)14-16-12(13(18)17(14)4)10-11-8-6-5-7-9-11;1-5-17-12(15)10-7-11(13(16)18-6-2)9(4)14-8(10)3;/h5-9,12,14,16H,10H2,1-4H3;14H,5-7H2,1-4H3;1H/t12-,14-;;/m0../s1. The maximum Gasteiger partial charge on any atom is 0.336 e. The molecule has 0 saturated carbocycles. The van der Waals surface area contributed by atoms with Crippen LogP contribution in [0.5, 0.6) is 0 Å². The minimum Gasteiger partial charge on any atom is -0.463 e. The molecule has 1 aromatic carbocycles. The van der Waals surface area contributed by atoms with Gasteiger partial charge in [-0.25, -0.2) is 9.59 Å². The number of likely N-dealkylation sites (N-methyl/N-ethyl adjacent to an activating group) is 1. The number of rotatable bonds is 6. The molecule has 2 aliphatic rings. The molecule has 8 nitrogen and oxygen atoms in total. The maximum atomic E-state index is 12.2. The largest absolute Gasteiger partial charge is 0.463 e. The van der Waals surface area contributed by atoms with E-state index in [1.165, 1.54) is 5.56 Å². The predicted octanol–water partition coefficient (Wildman–Crippen LogP) is 4.11. The number of nitrogens with one attached hydrogen (secondary N) is 2. The molecule has 0 radical (unpaired) electrons. The highest BCUT2D eigenvalue weighted by atomic mass is 35.5. The third kappa shape index (κ3) is 8.61. The number of hydrogen-bond donors (Lipinski definition) is 2. The van der Waals surface area contributed by atoms with Crippen LogP contribution in [0.15, 0.2) is 52.9 Å². The second-order valence-corrected chi connectivity index (χ2v) is 10.1. The van der Waals surface area contributed by atoms with Crippen molar-refractivity contribution in [3.8, 4) is 0 Å². The zero-order chi connectivity index (χ0) is 27.0. The van der Waals surface area contributed by atoms with Gasteiger partial charge >= 0.3 is 11.9 Å². The number of ether oxygens (including phenoxy) is 2. The summed E-state index contributed by atoms with van der Waals surface area (Å²) in [6.07, 6.45) is 1.12. The normalized spacial score (nSPS) is 19.5. The van der Waals surface area contributed by atoms with E-state index in [2.05, 4.69) is 43.5 Å². The molecule has 3 rings (SSSR count). The molecular formula is C28H42ClN3O5. The van der Waals surface area contributed by atoms with Gasteiger partial charge in [0.05, 0.1) is 36.6 Å². The van der Waals surface area contributed by atoms with Gasteiger partial charge in [0, 0.05) is 24.9 Å². The van der Waals surface area contributed by atoms with E-state index in [9.17, 15) is 14.4 Å². The minimum absolute atomic E-state index is 0. The Labute approximate surface area is 227 Å². The molecule has 37 heavy (non-hydrogen) atoms. The first-order chi connectivity index (χ1) is 16.9. The van der Waals surface area contributed by atoms with E-state index in [0.717, 1.165) is 17.8 Å². The smallest absolute Gasteiger partial charge is 0.336 e. The number of carbonyl (C=O) groups is 3. The van der Waals surface area contributed by atoms with E-state index in [4.69, 9.17) is 9.47 Å². The number of halogens is 1. The predicted molar refractivity (Wildman–Crippen MR) is 147 cm³/mol. The lowest BCUT2D eigenvalue weighted by molar-refractivity contribution is -0.139. The van der Waals surface area contributed by atoms with Crippen LogP contribution >= 0.6 is 12.4 Å². The fourth-order valence-electron chi connectivity index (χ4n) is 4.33. The minimum atomic E-state index is -0.392. The van der Waals surface area contributed by atoms with E-state index < -0.39 is 11.9 Å². The summed E-state index contributed by atoms with van der Waals surface area (Å²) in [7, 11) is 1.89. The van der Waals surface area contributed by atoms with Gasteiger partial charge in [-0.1, -0.05) is 51.1 Å². The van der Waals surface area contributed by atoms with Crippen molar-refractivity contribution in [2.24, 2.45) is 5.41 Å². The molecule has 2 atom stereocenters. The molecule has 0 aliphatic carbocycles. The molecule has 0 spiro atoms. The summed E-state index contributed by atoms with van der Waals surface area (Å²) in [5.41, 5.74) is 3.65. The molecule has 1 saturated heterocycles. The summed E-state index contributed by atoms with van der Waals surface area (Å²) in [6.45, 7) is 14.2. The van der Waals surface area contributed by atoms with Crippen molar-refractivity contribution in [1.82, 2.24) is 15.5 Å². The highest BCUT2D eigenvalue weighted by Gasteiger charge is 2.42. The zero-order valence-corrected chi connectivity index (χ0v) is 24.1. The Bertz CT molecular complexity index is 976. The van der Waals surface area contributed by atoms with Crippen molar-refractivity contribution in [2.45, 2.75) is 73.5 Å². The number of benzene rings is 1. The Morgan fingerprint density at radius 3 is 1.86 bits per heavy atom. The molecule has 0 bridgehead atoms. The third-order valence-corrected chi connectivity index (χ3v) is 6.17. The summed E-state index contributed by atoms with van der Waals surface area (Å²) < 4.78 is 9.93. The Morgan fingerprint density at radius 2 is 1.46 bits per heavy atom. The Morgan fingerprint density at radius 1 is 0.973 bits per heavy atom.